The Kier molecular flexibility index (Phi) is 7.27. The van der Waals surface area contributed by atoms with Crippen LogP contribution in [0.2, 0.25) is 10.0 Å². The molecular formula is C21H19Cl2N3O3. The molecule has 0 spiro atoms. The molecule has 8 heteroatoms. The smallest absolute Gasteiger partial charge is 0.252 e. The van der Waals surface area contributed by atoms with Gasteiger partial charge in [0, 0.05) is 16.7 Å². The summed E-state index contributed by atoms with van der Waals surface area (Å²) in [6, 6.07) is 15.9. The largest absolute Gasteiger partial charge is 0.494 e. The third kappa shape index (κ3) is 5.82. The first-order valence-electron chi connectivity index (χ1n) is 9.00. The van der Waals surface area contributed by atoms with Crippen LogP contribution in [0.25, 0.3) is 11.3 Å². The van der Waals surface area contributed by atoms with Crippen molar-refractivity contribution in [3.8, 4) is 22.9 Å². The number of ether oxygens (including phenoxy) is 2. The van der Waals surface area contributed by atoms with Crippen molar-refractivity contribution in [2.24, 2.45) is 0 Å². The van der Waals surface area contributed by atoms with E-state index in [-0.39, 0.29) is 19.1 Å². The van der Waals surface area contributed by atoms with Gasteiger partial charge < -0.3 is 14.8 Å². The summed E-state index contributed by atoms with van der Waals surface area (Å²) in [5.41, 5.74) is 1.97. The zero-order valence-electron chi connectivity index (χ0n) is 15.7. The maximum Gasteiger partial charge on any atom is 0.252 e. The van der Waals surface area contributed by atoms with Crippen LogP contribution in [0.5, 0.6) is 11.6 Å². The lowest BCUT2D eigenvalue weighted by molar-refractivity contribution is 0.0946. The van der Waals surface area contributed by atoms with Crippen LogP contribution in [0.15, 0.2) is 54.6 Å². The van der Waals surface area contributed by atoms with E-state index >= 15 is 0 Å². The Labute approximate surface area is 178 Å². The first-order valence-corrected chi connectivity index (χ1v) is 9.75. The Bertz CT molecular complexity index is 964. The minimum Gasteiger partial charge on any atom is -0.494 e. The number of carbonyl (C=O) groups excluding carboxylic acids is 1. The zero-order valence-corrected chi connectivity index (χ0v) is 17.2. The van der Waals surface area contributed by atoms with Crippen LogP contribution in [-0.2, 0) is 0 Å². The lowest BCUT2D eigenvalue weighted by Crippen LogP contribution is -2.28. The van der Waals surface area contributed by atoms with Gasteiger partial charge in [0.2, 0.25) is 5.88 Å². The molecule has 1 heterocycles. The molecule has 0 fully saturated rings. The van der Waals surface area contributed by atoms with E-state index in [4.69, 9.17) is 32.7 Å². The van der Waals surface area contributed by atoms with Gasteiger partial charge in [-0.3, -0.25) is 4.79 Å². The number of aromatic nitrogens is 2. The summed E-state index contributed by atoms with van der Waals surface area (Å²) in [5.74, 6) is 0.859. The topological polar surface area (TPSA) is 73.3 Å². The van der Waals surface area contributed by atoms with E-state index in [1.54, 1.807) is 18.2 Å². The number of nitrogens with one attached hydrogen (secondary N) is 1. The molecule has 0 saturated heterocycles. The Balaban J connectivity index is 1.49. The molecule has 6 nitrogen and oxygen atoms in total. The van der Waals surface area contributed by atoms with Crippen LogP contribution >= 0.6 is 23.2 Å². The Hall–Kier alpha value is -2.83. The van der Waals surface area contributed by atoms with Gasteiger partial charge in [-0.2, -0.15) is 0 Å². The number of amides is 1. The van der Waals surface area contributed by atoms with Crippen LogP contribution in [-0.4, -0.2) is 35.9 Å². The summed E-state index contributed by atoms with van der Waals surface area (Å²) in [5, 5.41) is 11.7. The fourth-order valence-corrected chi connectivity index (χ4v) is 2.90. The normalized spacial score (nSPS) is 10.4. The first kappa shape index (κ1) is 20.9. The van der Waals surface area contributed by atoms with Gasteiger partial charge in [-0.25, -0.2) is 0 Å². The minimum absolute atomic E-state index is 0.237. The quantitative estimate of drug-likeness (QED) is 0.525. The van der Waals surface area contributed by atoms with E-state index in [2.05, 4.69) is 15.5 Å². The van der Waals surface area contributed by atoms with E-state index in [0.717, 1.165) is 17.0 Å². The van der Waals surface area contributed by atoms with Gasteiger partial charge >= 0.3 is 0 Å². The van der Waals surface area contributed by atoms with E-state index in [1.165, 1.54) is 6.07 Å². The molecule has 0 aliphatic carbocycles. The molecule has 0 unspecified atom stereocenters. The fourth-order valence-electron chi connectivity index (χ4n) is 2.53. The molecule has 29 heavy (non-hydrogen) atoms. The van der Waals surface area contributed by atoms with Crippen LogP contribution in [0.4, 0.5) is 0 Å². The Morgan fingerprint density at radius 3 is 2.48 bits per heavy atom. The third-order valence-corrected chi connectivity index (χ3v) is 4.48. The highest BCUT2D eigenvalue weighted by atomic mass is 35.5. The molecule has 0 aliphatic rings. The molecular weight excluding hydrogens is 413 g/mol. The predicted molar refractivity (Wildman–Crippen MR) is 113 cm³/mol. The summed E-state index contributed by atoms with van der Waals surface area (Å²) >= 11 is 11.9. The first-order chi connectivity index (χ1) is 14.1. The van der Waals surface area contributed by atoms with E-state index in [0.29, 0.717) is 28.1 Å². The maximum absolute atomic E-state index is 12.1. The van der Waals surface area contributed by atoms with Crippen LogP contribution in [0.3, 0.4) is 0 Å². The zero-order chi connectivity index (χ0) is 20.6. The molecule has 0 aliphatic heterocycles. The average Bonchev–Trinajstić information content (AvgIpc) is 2.74. The van der Waals surface area contributed by atoms with Gasteiger partial charge in [-0.05, 0) is 55.5 Å². The van der Waals surface area contributed by atoms with Crippen molar-refractivity contribution < 1.29 is 14.3 Å². The van der Waals surface area contributed by atoms with Gasteiger partial charge in [0.05, 0.1) is 29.4 Å². The standard InChI is InChI=1S/C21H19Cl2N3O3/c1-2-28-16-6-3-14(4-7-16)19-9-10-20(26-25-19)29-12-11-24-21(27)17-13-15(22)5-8-18(17)23/h3-10,13H,2,11-12H2,1H3,(H,24,27). The number of halogens is 2. The predicted octanol–water partition coefficient (Wildman–Crippen LogP) is 4.66. The molecule has 150 valence electrons. The monoisotopic (exact) mass is 431 g/mol. The van der Waals surface area contributed by atoms with Gasteiger partial charge in [-0.1, -0.05) is 23.2 Å². The molecule has 0 bridgehead atoms. The molecule has 1 amide bonds. The summed E-state index contributed by atoms with van der Waals surface area (Å²) in [7, 11) is 0. The Morgan fingerprint density at radius 2 is 1.79 bits per heavy atom. The number of hydrogen-bond donors (Lipinski definition) is 1. The van der Waals surface area contributed by atoms with Crippen molar-refractivity contribution >= 4 is 29.1 Å². The second kappa shape index (κ2) is 10.1. The van der Waals surface area contributed by atoms with Crippen LogP contribution in [0, 0.1) is 0 Å². The summed E-state index contributed by atoms with van der Waals surface area (Å²) in [4.78, 5) is 12.1. The van der Waals surface area contributed by atoms with Crippen molar-refractivity contribution in [2.45, 2.75) is 6.92 Å². The summed E-state index contributed by atoms with van der Waals surface area (Å²) < 4.78 is 10.9. The van der Waals surface area contributed by atoms with Gasteiger partial charge in [0.1, 0.15) is 12.4 Å². The highest BCUT2D eigenvalue weighted by Crippen LogP contribution is 2.22. The second-order valence-corrected chi connectivity index (χ2v) is 6.79. The van der Waals surface area contributed by atoms with Crippen molar-refractivity contribution in [3.05, 3.63) is 70.2 Å². The fraction of sp³-hybridized carbons (Fsp3) is 0.190. The number of hydrogen-bond acceptors (Lipinski definition) is 5. The van der Waals surface area contributed by atoms with Gasteiger partial charge in [0.15, 0.2) is 0 Å². The van der Waals surface area contributed by atoms with Crippen LogP contribution < -0.4 is 14.8 Å². The van der Waals surface area contributed by atoms with Crippen molar-refractivity contribution in [1.82, 2.24) is 15.5 Å². The van der Waals surface area contributed by atoms with Gasteiger partial charge in [0.25, 0.3) is 5.91 Å². The highest BCUT2D eigenvalue weighted by Gasteiger charge is 2.10. The molecule has 0 saturated carbocycles. The lowest BCUT2D eigenvalue weighted by Gasteiger charge is -2.09. The lowest BCUT2D eigenvalue weighted by atomic mass is 10.1. The number of nitrogens with zero attached hydrogens (tertiary/aromatic N) is 2. The molecule has 1 N–H and O–H groups in total. The van der Waals surface area contributed by atoms with Crippen molar-refractivity contribution in [1.29, 1.82) is 0 Å². The van der Waals surface area contributed by atoms with Gasteiger partial charge in [-0.15, -0.1) is 10.2 Å². The van der Waals surface area contributed by atoms with Crippen molar-refractivity contribution in [3.63, 3.8) is 0 Å². The number of rotatable bonds is 8. The van der Waals surface area contributed by atoms with Crippen molar-refractivity contribution in [2.75, 3.05) is 19.8 Å². The number of carbonyl (C=O) groups is 1. The molecule has 2 aromatic carbocycles. The van der Waals surface area contributed by atoms with E-state index in [9.17, 15) is 4.79 Å². The molecule has 3 aromatic rings. The summed E-state index contributed by atoms with van der Waals surface area (Å²) in [6.07, 6.45) is 0. The highest BCUT2D eigenvalue weighted by molar-refractivity contribution is 6.35. The third-order valence-electron chi connectivity index (χ3n) is 3.91. The Morgan fingerprint density at radius 1 is 1.00 bits per heavy atom. The van der Waals surface area contributed by atoms with Crippen LogP contribution in [0.1, 0.15) is 17.3 Å². The maximum atomic E-state index is 12.1. The molecule has 0 radical (unpaired) electrons. The second-order valence-electron chi connectivity index (χ2n) is 5.94. The molecule has 0 atom stereocenters. The van der Waals surface area contributed by atoms with E-state index < -0.39 is 0 Å². The number of benzene rings is 2. The molecule has 3 rings (SSSR count). The molecule has 1 aromatic heterocycles. The SMILES string of the molecule is CCOc1ccc(-c2ccc(OCCNC(=O)c3cc(Cl)ccc3Cl)nn2)cc1. The average molecular weight is 432 g/mol. The summed E-state index contributed by atoms with van der Waals surface area (Å²) in [6.45, 7) is 3.08. The minimum atomic E-state index is -0.321. The van der Waals surface area contributed by atoms with E-state index in [1.807, 2.05) is 37.3 Å².